The first kappa shape index (κ1) is 25.9. The van der Waals surface area contributed by atoms with Gasteiger partial charge in [0.2, 0.25) is 5.75 Å². The van der Waals surface area contributed by atoms with Crippen LogP contribution >= 0.6 is 11.3 Å². The second kappa shape index (κ2) is 10.8. The number of hydrogen-bond acceptors (Lipinski definition) is 10. The van der Waals surface area contributed by atoms with Gasteiger partial charge in [-0.05, 0) is 37.1 Å². The number of sulfone groups is 1. The number of rotatable bonds is 9. The van der Waals surface area contributed by atoms with E-state index >= 15 is 0 Å². The van der Waals surface area contributed by atoms with E-state index in [0.29, 0.717) is 54.7 Å². The molecule has 0 atom stereocenters. The molecule has 2 heterocycles. The summed E-state index contributed by atoms with van der Waals surface area (Å²) in [5, 5.41) is 2.32. The van der Waals surface area contributed by atoms with Crippen LogP contribution in [0.4, 0.5) is 5.13 Å². The van der Waals surface area contributed by atoms with Gasteiger partial charge in [0.25, 0.3) is 0 Å². The van der Waals surface area contributed by atoms with Crippen LogP contribution in [0.2, 0.25) is 0 Å². The van der Waals surface area contributed by atoms with Gasteiger partial charge in [0.1, 0.15) is 16.4 Å². The number of methoxy groups -OCH3 is 5. The molecule has 11 heteroatoms. The maximum absolute atomic E-state index is 13.4. The Morgan fingerprint density at radius 3 is 2.06 bits per heavy atom. The van der Waals surface area contributed by atoms with Crippen LogP contribution < -0.4 is 28.6 Å². The summed E-state index contributed by atoms with van der Waals surface area (Å²) in [5.74, 6) is 2.48. The topological polar surface area (TPSA) is 96.4 Å². The molecule has 0 bridgehead atoms. The Kier molecular flexibility index (Phi) is 7.79. The number of hydrogen-bond donors (Lipinski definition) is 0. The maximum Gasteiger partial charge on any atom is 0.203 e. The molecule has 1 aliphatic rings. The fraction of sp³-hybridized carbons (Fsp3) is 0.400. The smallest absolute Gasteiger partial charge is 0.203 e. The van der Waals surface area contributed by atoms with Crippen LogP contribution in [-0.2, 0) is 9.84 Å². The van der Waals surface area contributed by atoms with Gasteiger partial charge in [-0.3, -0.25) is 0 Å². The number of piperidine rings is 1. The van der Waals surface area contributed by atoms with Crippen molar-refractivity contribution < 1.29 is 32.1 Å². The van der Waals surface area contributed by atoms with E-state index < -0.39 is 15.1 Å². The zero-order valence-electron chi connectivity index (χ0n) is 20.9. The Morgan fingerprint density at radius 1 is 0.861 bits per heavy atom. The average Bonchev–Trinajstić information content (AvgIpc) is 3.42. The zero-order chi connectivity index (χ0) is 25.9. The van der Waals surface area contributed by atoms with E-state index in [4.69, 9.17) is 28.7 Å². The van der Waals surface area contributed by atoms with E-state index in [9.17, 15) is 8.42 Å². The number of nitrogens with zero attached hydrogens (tertiary/aromatic N) is 2. The summed E-state index contributed by atoms with van der Waals surface area (Å²) < 4.78 is 53.6. The van der Waals surface area contributed by atoms with Crippen molar-refractivity contribution in [2.45, 2.75) is 23.0 Å². The molecule has 3 aromatic rings. The van der Waals surface area contributed by atoms with Crippen LogP contribution in [0.1, 0.15) is 12.8 Å². The van der Waals surface area contributed by atoms with Gasteiger partial charge in [-0.1, -0.05) is 0 Å². The Morgan fingerprint density at radius 2 is 1.50 bits per heavy atom. The van der Waals surface area contributed by atoms with Crippen molar-refractivity contribution in [2.24, 2.45) is 0 Å². The van der Waals surface area contributed by atoms with Gasteiger partial charge in [-0.25, -0.2) is 13.4 Å². The molecule has 1 aromatic heterocycles. The van der Waals surface area contributed by atoms with Crippen LogP contribution in [0.5, 0.6) is 28.7 Å². The molecule has 1 aliphatic heterocycles. The molecule has 0 radical (unpaired) electrons. The third kappa shape index (κ3) is 4.90. The lowest BCUT2D eigenvalue weighted by Crippen LogP contribution is -2.39. The summed E-state index contributed by atoms with van der Waals surface area (Å²) >= 11 is 1.52. The second-order valence-electron chi connectivity index (χ2n) is 8.18. The molecule has 0 amide bonds. The molecule has 9 nitrogen and oxygen atoms in total. The van der Waals surface area contributed by atoms with Crippen molar-refractivity contribution in [3.63, 3.8) is 0 Å². The average molecular weight is 535 g/mol. The fourth-order valence-electron chi connectivity index (χ4n) is 4.32. The molecule has 0 saturated carbocycles. The molecule has 0 unspecified atom stereocenters. The van der Waals surface area contributed by atoms with E-state index in [-0.39, 0.29) is 4.90 Å². The van der Waals surface area contributed by atoms with Crippen LogP contribution in [0.3, 0.4) is 0 Å². The Balaban J connectivity index is 1.50. The molecule has 2 aromatic carbocycles. The summed E-state index contributed by atoms with van der Waals surface area (Å²) in [6.07, 6.45) is 0.993. The molecule has 194 valence electrons. The van der Waals surface area contributed by atoms with Crippen molar-refractivity contribution >= 4 is 26.3 Å². The highest BCUT2D eigenvalue weighted by molar-refractivity contribution is 7.92. The van der Waals surface area contributed by atoms with Crippen molar-refractivity contribution in [2.75, 3.05) is 53.5 Å². The van der Waals surface area contributed by atoms with Crippen molar-refractivity contribution in [1.82, 2.24) is 4.98 Å². The Hall–Kier alpha value is -3.18. The quantitative estimate of drug-likeness (QED) is 0.398. The first-order valence-electron chi connectivity index (χ1n) is 11.3. The van der Waals surface area contributed by atoms with Crippen LogP contribution in [0, 0.1) is 0 Å². The van der Waals surface area contributed by atoms with Gasteiger partial charge >= 0.3 is 0 Å². The molecule has 4 rings (SSSR count). The predicted molar refractivity (Wildman–Crippen MR) is 139 cm³/mol. The van der Waals surface area contributed by atoms with E-state index in [1.807, 2.05) is 17.5 Å². The van der Waals surface area contributed by atoms with E-state index in [0.717, 1.165) is 16.4 Å². The van der Waals surface area contributed by atoms with Crippen molar-refractivity contribution in [1.29, 1.82) is 0 Å². The highest BCUT2D eigenvalue weighted by atomic mass is 32.2. The highest BCUT2D eigenvalue weighted by Gasteiger charge is 2.34. The minimum Gasteiger partial charge on any atom is -0.497 e. The third-order valence-electron chi connectivity index (χ3n) is 6.28. The molecular formula is C25H30N2O7S2. The van der Waals surface area contributed by atoms with Crippen molar-refractivity contribution in [3.05, 3.63) is 35.7 Å². The molecule has 0 spiro atoms. The van der Waals surface area contributed by atoms with E-state index in [2.05, 4.69) is 4.90 Å². The maximum atomic E-state index is 13.4. The summed E-state index contributed by atoms with van der Waals surface area (Å²) in [5.41, 5.74) is 1.63. The number of thiazole rings is 1. The van der Waals surface area contributed by atoms with Gasteiger partial charge < -0.3 is 28.6 Å². The third-order valence-corrected chi connectivity index (χ3v) is 9.48. The highest BCUT2D eigenvalue weighted by Crippen LogP contribution is 2.42. The predicted octanol–water partition coefficient (Wildman–Crippen LogP) is 4.30. The Labute approximate surface area is 215 Å². The zero-order valence-corrected chi connectivity index (χ0v) is 22.6. The molecule has 0 aliphatic carbocycles. The number of anilines is 1. The van der Waals surface area contributed by atoms with Crippen LogP contribution in [0.25, 0.3) is 11.3 Å². The van der Waals surface area contributed by atoms with Gasteiger partial charge in [0, 0.05) is 30.1 Å². The van der Waals surface area contributed by atoms with Crippen molar-refractivity contribution in [3.8, 4) is 40.0 Å². The first-order chi connectivity index (χ1) is 17.4. The number of aromatic nitrogens is 1. The summed E-state index contributed by atoms with van der Waals surface area (Å²) in [6, 6.07) is 8.53. The lowest BCUT2D eigenvalue weighted by atomic mass is 10.1. The minimum absolute atomic E-state index is 0.197. The molecule has 1 fully saturated rings. The van der Waals surface area contributed by atoms with E-state index in [1.165, 1.54) is 25.6 Å². The fourth-order valence-corrected chi connectivity index (χ4v) is 7.08. The molecule has 36 heavy (non-hydrogen) atoms. The SMILES string of the molecule is COc1ccc(S(=O)(=O)C2CCN(c3nc(-c4cc(OC)c(OC)c(OC)c4)cs3)CC2)c(OC)c1. The van der Waals surface area contributed by atoms with E-state index in [1.54, 1.807) is 39.5 Å². The van der Waals surface area contributed by atoms with Gasteiger partial charge in [-0.15, -0.1) is 11.3 Å². The number of ether oxygens (including phenoxy) is 5. The van der Waals surface area contributed by atoms with Gasteiger partial charge in [0.15, 0.2) is 26.5 Å². The summed E-state index contributed by atoms with van der Waals surface area (Å²) in [6.45, 7) is 1.18. The second-order valence-corrected chi connectivity index (χ2v) is 11.2. The van der Waals surface area contributed by atoms with Gasteiger partial charge in [0.05, 0.1) is 46.5 Å². The first-order valence-corrected chi connectivity index (χ1v) is 13.8. The largest absolute Gasteiger partial charge is 0.497 e. The number of benzene rings is 2. The van der Waals surface area contributed by atoms with Crippen LogP contribution in [0.15, 0.2) is 40.6 Å². The normalized spacial score (nSPS) is 14.4. The monoisotopic (exact) mass is 534 g/mol. The minimum atomic E-state index is -3.56. The van der Waals surface area contributed by atoms with Crippen LogP contribution in [-0.4, -0.2) is 67.3 Å². The summed E-state index contributed by atoms with van der Waals surface area (Å²) in [4.78, 5) is 7.14. The molecule has 1 saturated heterocycles. The van der Waals surface area contributed by atoms with Gasteiger partial charge in [-0.2, -0.15) is 0 Å². The standard InChI is InChI=1S/C25H30N2O7S2/c1-30-17-6-7-23(20(14-17)31-2)36(28,29)18-8-10-27(11-9-18)25-26-19(15-35-25)16-12-21(32-3)24(34-5)22(13-16)33-4/h6-7,12-15,18H,8-11H2,1-5H3. The molecule has 0 N–H and O–H groups in total. The lowest BCUT2D eigenvalue weighted by Gasteiger charge is -2.31. The molecular weight excluding hydrogens is 504 g/mol. The Bertz CT molecular complexity index is 1290. The lowest BCUT2D eigenvalue weighted by molar-refractivity contribution is 0.324. The summed E-state index contributed by atoms with van der Waals surface area (Å²) in [7, 11) is 4.15.